The van der Waals surface area contributed by atoms with Gasteiger partial charge in [0.25, 0.3) is 0 Å². The predicted octanol–water partition coefficient (Wildman–Crippen LogP) is 5.79. The summed E-state index contributed by atoms with van der Waals surface area (Å²) in [4.78, 5) is 16.1. The van der Waals surface area contributed by atoms with Crippen LogP contribution in [0.2, 0.25) is 0 Å². The van der Waals surface area contributed by atoms with Gasteiger partial charge < -0.3 is 18.9 Å². The Morgan fingerprint density at radius 2 is 1.97 bits per heavy atom. The number of halogens is 1. The molecule has 0 spiro atoms. The summed E-state index contributed by atoms with van der Waals surface area (Å²) in [5.74, 6) is 6.40. The first-order valence-corrected chi connectivity index (χ1v) is 12.8. The number of carbonyl (C=O) groups is 1. The second-order valence-electron chi connectivity index (χ2n) is 9.44. The molecule has 1 fully saturated rings. The first-order valence-electron chi connectivity index (χ1n) is 12.8. The van der Waals surface area contributed by atoms with E-state index in [4.69, 9.17) is 18.9 Å². The molecular weight excluding hydrogens is 485 g/mol. The fourth-order valence-corrected chi connectivity index (χ4v) is 5.11. The molecule has 3 atom stereocenters. The third-order valence-electron chi connectivity index (χ3n) is 6.98. The van der Waals surface area contributed by atoms with E-state index in [0.29, 0.717) is 43.1 Å². The van der Waals surface area contributed by atoms with E-state index in [-0.39, 0.29) is 30.2 Å². The summed E-state index contributed by atoms with van der Waals surface area (Å²) in [6.45, 7) is 3.02. The molecule has 5 rings (SSSR count). The minimum absolute atomic E-state index is 0.0277. The van der Waals surface area contributed by atoms with Gasteiger partial charge in [-0.25, -0.2) is 4.39 Å². The lowest BCUT2D eigenvalue weighted by Crippen LogP contribution is -2.15. The van der Waals surface area contributed by atoms with Crippen molar-refractivity contribution in [3.8, 4) is 34.5 Å². The van der Waals surface area contributed by atoms with Crippen molar-refractivity contribution >= 4 is 5.97 Å². The molecule has 1 saturated heterocycles. The van der Waals surface area contributed by atoms with E-state index in [0.717, 1.165) is 28.7 Å². The topological polar surface area (TPSA) is 66.9 Å². The zero-order valence-corrected chi connectivity index (χ0v) is 21.5. The molecule has 7 heteroatoms. The number of methoxy groups -OCH3 is 1. The number of hydrogen-bond donors (Lipinski definition) is 0. The lowest BCUT2D eigenvalue weighted by Gasteiger charge is -2.18. The summed E-state index contributed by atoms with van der Waals surface area (Å²) in [6.07, 6.45) is 5.50. The molecule has 0 saturated carbocycles. The highest BCUT2D eigenvalue weighted by Crippen LogP contribution is 2.42. The van der Waals surface area contributed by atoms with Crippen LogP contribution >= 0.6 is 0 Å². The van der Waals surface area contributed by atoms with Crippen LogP contribution in [0.1, 0.15) is 54.9 Å². The van der Waals surface area contributed by atoms with E-state index >= 15 is 4.39 Å². The molecule has 1 aliphatic heterocycles. The molecule has 1 aliphatic carbocycles. The van der Waals surface area contributed by atoms with Gasteiger partial charge in [-0.1, -0.05) is 24.1 Å². The van der Waals surface area contributed by atoms with Gasteiger partial charge in [0.05, 0.1) is 38.9 Å². The van der Waals surface area contributed by atoms with Crippen molar-refractivity contribution in [3.05, 3.63) is 77.4 Å². The maximum atomic E-state index is 15.1. The molecule has 2 aliphatic rings. The van der Waals surface area contributed by atoms with Crippen molar-refractivity contribution in [1.82, 2.24) is 4.98 Å². The van der Waals surface area contributed by atoms with Gasteiger partial charge in [-0.15, -0.1) is 5.92 Å². The average Bonchev–Trinajstić information content (AvgIpc) is 3.60. The number of rotatable bonds is 8. The van der Waals surface area contributed by atoms with E-state index in [9.17, 15) is 4.79 Å². The molecule has 0 amide bonds. The standard InChI is InChI=1S/C31H30FNO5/c1-3-4-21(16-30(34)35-2)20-5-7-23(8-6-20)38-29-12-10-27-26(9-11-28(32)31(27)29)22-15-25(18-33-17-22)37-24-13-14-36-19-24/h5-9,11,15,17-18,21,24,29H,10,12-14,16,19H2,1-2H3/t21-,24+,29+/m0/s1. The first kappa shape index (κ1) is 25.7. The summed E-state index contributed by atoms with van der Waals surface area (Å²) in [7, 11) is 1.37. The Labute approximate surface area is 222 Å². The molecular formula is C31H30FNO5. The van der Waals surface area contributed by atoms with Crippen LogP contribution in [0.3, 0.4) is 0 Å². The van der Waals surface area contributed by atoms with Crippen LogP contribution in [0.25, 0.3) is 11.1 Å². The number of hydrogen-bond acceptors (Lipinski definition) is 6. The SMILES string of the molecule is CC#C[C@@H](CC(=O)OC)c1ccc(O[C@@H]2CCc3c(-c4cncc(O[C@@H]5CCOC5)c4)ccc(F)c32)cc1. The molecule has 38 heavy (non-hydrogen) atoms. The fraction of sp³-hybridized carbons (Fsp3) is 0.355. The third kappa shape index (κ3) is 5.66. The number of ether oxygens (including phenoxy) is 4. The van der Waals surface area contributed by atoms with Gasteiger partial charge in [-0.2, -0.15) is 0 Å². The van der Waals surface area contributed by atoms with Crippen LogP contribution in [0.15, 0.2) is 54.9 Å². The quantitative estimate of drug-likeness (QED) is 0.279. The lowest BCUT2D eigenvalue weighted by atomic mass is 9.96. The zero-order valence-electron chi connectivity index (χ0n) is 21.5. The monoisotopic (exact) mass is 515 g/mol. The highest BCUT2D eigenvalue weighted by atomic mass is 19.1. The Morgan fingerprint density at radius 1 is 1.13 bits per heavy atom. The van der Waals surface area contributed by atoms with Gasteiger partial charge in [0.15, 0.2) is 0 Å². The van der Waals surface area contributed by atoms with Crippen LogP contribution in [0.5, 0.6) is 11.5 Å². The van der Waals surface area contributed by atoms with E-state index in [2.05, 4.69) is 16.8 Å². The van der Waals surface area contributed by atoms with Crippen molar-refractivity contribution in [1.29, 1.82) is 0 Å². The summed E-state index contributed by atoms with van der Waals surface area (Å²) in [5.41, 5.74) is 4.24. The molecule has 6 nitrogen and oxygen atoms in total. The first-order chi connectivity index (χ1) is 18.6. The van der Waals surface area contributed by atoms with Crippen LogP contribution in [-0.4, -0.2) is 37.4 Å². The summed E-state index contributed by atoms with van der Waals surface area (Å²) in [5, 5.41) is 0. The molecule has 0 N–H and O–H groups in total. The maximum Gasteiger partial charge on any atom is 0.307 e. The normalized spacial score (nSPS) is 18.7. The minimum atomic E-state index is -0.403. The van der Waals surface area contributed by atoms with Crippen LogP contribution in [0, 0.1) is 17.7 Å². The Hall–Kier alpha value is -3.89. The summed E-state index contributed by atoms with van der Waals surface area (Å²) in [6, 6.07) is 12.7. The Kier molecular flexibility index (Phi) is 7.90. The van der Waals surface area contributed by atoms with Gasteiger partial charge in [0.2, 0.25) is 0 Å². The van der Waals surface area contributed by atoms with Gasteiger partial charge in [-0.05, 0) is 60.7 Å². The number of esters is 1. The molecule has 0 bridgehead atoms. The van der Waals surface area contributed by atoms with Crippen LogP contribution in [0.4, 0.5) is 4.39 Å². The van der Waals surface area contributed by atoms with Crippen LogP contribution < -0.4 is 9.47 Å². The number of carbonyl (C=O) groups excluding carboxylic acids is 1. The summed E-state index contributed by atoms with van der Waals surface area (Å²) < 4.78 is 37.6. The molecule has 0 unspecified atom stereocenters. The van der Waals surface area contributed by atoms with Crippen molar-refractivity contribution in [2.75, 3.05) is 20.3 Å². The number of fused-ring (bicyclic) bond motifs is 1. The van der Waals surface area contributed by atoms with Gasteiger partial charge in [0.1, 0.15) is 29.5 Å². The Balaban J connectivity index is 1.35. The predicted molar refractivity (Wildman–Crippen MR) is 140 cm³/mol. The average molecular weight is 516 g/mol. The van der Waals surface area contributed by atoms with Gasteiger partial charge in [-0.3, -0.25) is 9.78 Å². The van der Waals surface area contributed by atoms with Crippen molar-refractivity contribution in [3.63, 3.8) is 0 Å². The molecule has 2 aromatic carbocycles. The van der Waals surface area contributed by atoms with Gasteiger partial charge in [0, 0.05) is 23.7 Å². The zero-order chi connectivity index (χ0) is 26.5. The van der Waals surface area contributed by atoms with E-state index in [1.165, 1.54) is 13.2 Å². The summed E-state index contributed by atoms with van der Waals surface area (Å²) >= 11 is 0. The minimum Gasteiger partial charge on any atom is -0.486 e. The second kappa shape index (κ2) is 11.7. The maximum absolute atomic E-state index is 15.1. The molecule has 2 heterocycles. The number of aromatic nitrogens is 1. The van der Waals surface area contributed by atoms with Crippen molar-refractivity contribution in [2.24, 2.45) is 0 Å². The highest BCUT2D eigenvalue weighted by Gasteiger charge is 2.30. The van der Waals surface area contributed by atoms with E-state index in [1.54, 1.807) is 25.4 Å². The fourth-order valence-electron chi connectivity index (χ4n) is 5.11. The number of benzene rings is 2. The third-order valence-corrected chi connectivity index (χ3v) is 6.98. The second-order valence-corrected chi connectivity index (χ2v) is 9.44. The molecule has 0 radical (unpaired) electrons. The van der Waals surface area contributed by atoms with E-state index < -0.39 is 6.10 Å². The number of pyridine rings is 1. The van der Waals surface area contributed by atoms with E-state index in [1.807, 2.05) is 30.3 Å². The highest BCUT2D eigenvalue weighted by molar-refractivity contribution is 5.71. The molecule has 1 aromatic heterocycles. The van der Waals surface area contributed by atoms with Crippen LogP contribution in [-0.2, 0) is 20.7 Å². The lowest BCUT2D eigenvalue weighted by molar-refractivity contribution is -0.140. The van der Waals surface area contributed by atoms with Crippen molar-refractivity contribution < 1.29 is 28.1 Å². The Morgan fingerprint density at radius 3 is 2.71 bits per heavy atom. The molecule has 3 aromatic rings. The Bertz CT molecular complexity index is 1350. The smallest absolute Gasteiger partial charge is 0.307 e. The van der Waals surface area contributed by atoms with Crippen molar-refractivity contribution in [2.45, 2.75) is 50.7 Å². The molecule has 196 valence electrons. The largest absolute Gasteiger partial charge is 0.486 e. The van der Waals surface area contributed by atoms with Gasteiger partial charge >= 0.3 is 5.97 Å². The number of nitrogens with zero attached hydrogens (tertiary/aromatic N) is 1.